The first-order valence-electron chi connectivity index (χ1n) is 9.52. The number of likely N-dealkylation sites (N-methyl/N-ethyl adjacent to an activating group) is 1. The van der Waals surface area contributed by atoms with Gasteiger partial charge in [-0.3, -0.25) is 9.69 Å². The van der Waals surface area contributed by atoms with Crippen molar-refractivity contribution in [2.75, 3.05) is 50.1 Å². The van der Waals surface area contributed by atoms with Crippen molar-refractivity contribution in [2.24, 2.45) is 0 Å². The molecule has 0 saturated carbocycles. The first kappa shape index (κ1) is 18.5. The van der Waals surface area contributed by atoms with Crippen molar-refractivity contribution < 1.29 is 9.53 Å². The molecule has 7 nitrogen and oxygen atoms in total. The van der Waals surface area contributed by atoms with Crippen molar-refractivity contribution in [1.82, 2.24) is 14.9 Å². The number of nitrogens with zero attached hydrogens (tertiary/aromatic N) is 3. The van der Waals surface area contributed by atoms with Crippen molar-refractivity contribution in [3.05, 3.63) is 54.4 Å². The third-order valence-electron chi connectivity index (χ3n) is 4.80. The van der Waals surface area contributed by atoms with E-state index in [9.17, 15) is 4.79 Å². The number of para-hydroxylation sites is 2. The summed E-state index contributed by atoms with van der Waals surface area (Å²) in [7, 11) is 1.91. The first-order valence-corrected chi connectivity index (χ1v) is 9.52. The number of aromatic amines is 1. The molecule has 2 aromatic carbocycles. The van der Waals surface area contributed by atoms with Crippen LogP contribution in [0.4, 0.5) is 11.4 Å². The molecule has 2 N–H and O–H groups in total. The molecule has 7 heteroatoms. The van der Waals surface area contributed by atoms with Crippen LogP contribution in [0.3, 0.4) is 0 Å². The molecule has 1 aliphatic rings. The average molecular weight is 379 g/mol. The summed E-state index contributed by atoms with van der Waals surface area (Å²) in [5.41, 5.74) is 3.91. The molecule has 1 amide bonds. The van der Waals surface area contributed by atoms with E-state index in [2.05, 4.69) is 20.2 Å². The zero-order valence-corrected chi connectivity index (χ0v) is 16.0. The normalized spacial score (nSPS) is 14.6. The lowest BCUT2D eigenvalue weighted by Crippen LogP contribution is -2.36. The van der Waals surface area contributed by atoms with Crippen LogP contribution in [0.15, 0.2) is 48.5 Å². The number of benzene rings is 2. The topological polar surface area (TPSA) is 73.5 Å². The van der Waals surface area contributed by atoms with Crippen LogP contribution >= 0.6 is 0 Å². The van der Waals surface area contributed by atoms with Crippen molar-refractivity contribution in [1.29, 1.82) is 0 Å². The number of H-pyrrole nitrogens is 1. The Labute approximate surface area is 164 Å². The minimum atomic E-state index is -0.0438. The first-order chi connectivity index (χ1) is 13.7. The zero-order chi connectivity index (χ0) is 19.3. The highest BCUT2D eigenvalue weighted by Crippen LogP contribution is 2.19. The number of amides is 1. The van der Waals surface area contributed by atoms with Gasteiger partial charge < -0.3 is 19.9 Å². The highest BCUT2D eigenvalue weighted by atomic mass is 16.5. The number of hydrogen-bond donors (Lipinski definition) is 2. The molecule has 3 aromatic rings. The van der Waals surface area contributed by atoms with Gasteiger partial charge in [-0.2, -0.15) is 0 Å². The van der Waals surface area contributed by atoms with Gasteiger partial charge in [0.05, 0.1) is 37.3 Å². The van der Waals surface area contributed by atoms with Gasteiger partial charge in [-0.15, -0.1) is 0 Å². The fraction of sp³-hybridized carbons (Fsp3) is 0.333. The Kier molecular flexibility index (Phi) is 5.55. The smallest absolute Gasteiger partial charge is 0.238 e. The van der Waals surface area contributed by atoms with Gasteiger partial charge in [0.1, 0.15) is 5.82 Å². The average Bonchev–Trinajstić information content (AvgIpc) is 3.11. The molecule has 28 heavy (non-hydrogen) atoms. The number of rotatable bonds is 6. The molecule has 0 spiro atoms. The van der Waals surface area contributed by atoms with Crippen molar-refractivity contribution >= 4 is 28.3 Å². The third-order valence-corrected chi connectivity index (χ3v) is 4.80. The Morgan fingerprint density at radius 3 is 2.68 bits per heavy atom. The summed E-state index contributed by atoms with van der Waals surface area (Å²) in [5, 5.41) is 2.96. The van der Waals surface area contributed by atoms with Gasteiger partial charge in [0, 0.05) is 24.5 Å². The van der Waals surface area contributed by atoms with Crippen molar-refractivity contribution in [2.45, 2.75) is 6.54 Å². The summed E-state index contributed by atoms with van der Waals surface area (Å²) in [6.07, 6.45) is 0. The van der Waals surface area contributed by atoms with E-state index in [-0.39, 0.29) is 5.91 Å². The van der Waals surface area contributed by atoms with Crippen LogP contribution < -0.4 is 10.2 Å². The van der Waals surface area contributed by atoms with Gasteiger partial charge >= 0.3 is 0 Å². The highest BCUT2D eigenvalue weighted by molar-refractivity contribution is 5.92. The SMILES string of the molecule is CN(CC(=O)Nc1ccc(N2CCOCC2)cc1)Cc1nc2ccccc2[nH]1. The maximum atomic E-state index is 12.4. The zero-order valence-electron chi connectivity index (χ0n) is 16.0. The summed E-state index contributed by atoms with van der Waals surface area (Å²) >= 11 is 0. The van der Waals surface area contributed by atoms with Crippen LogP contribution in [0.5, 0.6) is 0 Å². The van der Waals surface area contributed by atoms with Gasteiger partial charge in [-0.05, 0) is 43.4 Å². The van der Waals surface area contributed by atoms with Gasteiger partial charge in [-0.25, -0.2) is 4.98 Å². The number of carbonyl (C=O) groups excluding carboxylic acids is 1. The number of anilines is 2. The number of aromatic nitrogens is 2. The molecule has 0 radical (unpaired) electrons. The van der Waals surface area contributed by atoms with Crippen LogP contribution in [0.1, 0.15) is 5.82 Å². The van der Waals surface area contributed by atoms with Crippen LogP contribution in [0.2, 0.25) is 0 Å². The molecule has 1 aliphatic heterocycles. The molecule has 1 aromatic heterocycles. The Hall–Kier alpha value is -2.90. The maximum Gasteiger partial charge on any atom is 0.238 e. The molecule has 0 aliphatic carbocycles. The lowest BCUT2D eigenvalue weighted by Gasteiger charge is -2.28. The van der Waals surface area contributed by atoms with E-state index in [0.29, 0.717) is 13.1 Å². The summed E-state index contributed by atoms with van der Waals surface area (Å²) in [6, 6.07) is 15.9. The standard InChI is InChI=1S/C21H25N5O2/c1-25(14-20-23-18-4-2-3-5-19(18)24-20)15-21(27)22-16-6-8-17(9-7-16)26-10-12-28-13-11-26/h2-9H,10-15H2,1H3,(H,22,27)(H,23,24). The minimum Gasteiger partial charge on any atom is -0.378 e. The molecule has 0 atom stereocenters. The molecular weight excluding hydrogens is 354 g/mol. The number of morpholine rings is 1. The lowest BCUT2D eigenvalue weighted by molar-refractivity contribution is -0.117. The number of fused-ring (bicyclic) bond motifs is 1. The number of ether oxygens (including phenoxy) is 1. The highest BCUT2D eigenvalue weighted by Gasteiger charge is 2.12. The predicted molar refractivity (Wildman–Crippen MR) is 111 cm³/mol. The maximum absolute atomic E-state index is 12.4. The third kappa shape index (κ3) is 4.49. The molecule has 1 fully saturated rings. The summed E-state index contributed by atoms with van der Waals surface area (Å²) < 4.78 is 5.38. The molecule has 146 valence electrons. The van der Waals surface area contributed by atoms with Crippen LogP contribution in [0, 0.1) is 0 Å². The van der Waals surface area contributed by atoms with Crippen LogP contribution in [-0.4, -0.2) is 60.7 Å². The van der Waals surface area contributed by atoms with Gasteiger partial charge in [-0.1, -0.05) is 12.1 Å². The largest absolute Gasteiger partial charge is 0.378 e. The fourth-order valence-electron chi connectivity index (χ4n) is 3.41. The Bertz CT molecular complexity index is 898. The van der Waals surface area contributed by atoms with Crippen molar-refractivity contribution in [3.63, 3.8) is 0 Å². The molecule has 0 unspecified atom stereocenters. The molecule has 1 saturated heterocycles. The van der Waals surface area contributed by atoms with Crippen LogP contribution in [0.25, 0.3) is 11.0 Å². The van der Waals surface area contributed by atoms with Gasteiger partial charge in [0.2, 0.25) is 5.91 Å². The summed E-state index contributed by atoms with van der Waals surface area (Å²) in [4.78, 5) is 24.4. The fourth-order valence-corrected chi connectivity index (χ4v) is 3.41. The van der Waals surface area contributed by atoms with E-state index >= 15 is 0 Å². The summed E-state index contributed by atoms with van der Waals surface area (Å²) in [6.45, 7) is 4.20. The quantitative estimate of drug-likeness (QED) is 0.688. The monoisotopic (exact) mass is 379 g/mol. The second-order valence-electron chi connectivity index (χ2n) is 7.07. The minimum absolute atomic E-state index is 0.0438. The molecular formula is C21H25N5O2. The molecule has 4 rings (SSSR count). The van der Waals surface area contributed by atoms with E-state index in [1.165, 1.54) is 0 Å². The Morgan fingerprint density at radius 1 is 1.18 bits per heavy atom. The van der Waals surface area contributed by atoms with E-state index in [1.807, 2.05) is 60.5 Å². The Balaban J connectivity index is 1.29. The number of nitrogens with one attached hydrogen (secondary N) is 2. The number of hydrogen-bond acceptors (Lipinski definition) is 5. The molecule has 0 bridgehead atoms. The summed E-state index contributed by atoms with van der Waals surface area (Å²) in [5.74, 6) is 0.809. The van der Waals surface area contributed by atoms with E-state index in [1.54, 1.807) is 0 Å². The second kappa shape index (κ2) is 8.41. The van der Waals surface area contributed by atoms with Crippen molar-refractivity contribution in [3.8, 4) is 0 Å². The Morgan fingerprint density at radius 2 is 1.93 bits per heavy atom. The predicted octanol–water partition coefficient (Wildman–Crippen LogP) is 2.47. The van der Waals surface area contributed by atoms with E-state index < -0.39 is 0 Å². The second-order valence-corrected chi connectivity index (χ2v) is 7.07. The van der Waals surface area contributed by atoms with Crippen LogP contribution in [-0.2, 0) is 16.1 Å². The molecule has 2 heterocycles. The lowest BCUT2D eigenvalue weighted by atomic mass is 10.2. The van der Waals surface area contributed by atoms with Gasteiger partial charge in [0.25, 0.3) is 0 Å². The van der Waals surface area contributed by atoms with Gasteiger partial charge in [0.15, 0.2) is 0 Å². The van der Waals surface area contributed by atoms with E-state index in [0.717, 1.165) is 54.5 Å². The van der Waals surface area contributed by atoms with E-state index in [4.69, 9.17) is 4.74 Å². The number of carbonyl (C=O) groups is 1. The number of imidazole rings is 1.